The Bertz CT molecular complexity index is 986. The standard InChI is InChI=1S/C16H20N2O5S.C6H13N/c1-10(19)15(16(20)21)17-24(22,23)14-9-5-6-11-12(14)7-4-8-13(11)18(2)3;7-6-4-2-1-3-5-6/h4-10,15,17,19H,1-3H3,(H,20,21);6H,1-5,7H2/t10?,15-;/m0./s1. The molecular formula is C22H33N3O5S. The van der Waals surface area contributed by atoms with E-state index >= 15 is 0 Å². The second-order valence-electron chi connectivity index (χ2n) is 8.10. The van der Waals surface area contributed by atoms with E-state index in [-0.39, 0.29) is 4.90 Å². The highest BCUT2D eigenvalue weighted by atomic mass is 32.2. The van der Waals surface area contributed by atoms with E-state index in [0.717, 1.165) is 11.1 Å². The first-order chi connectivity index (χ1) is 14.5. The molecule has 1 unspecified atom stereocenters. The molecule has 0 spiro atoms. The third kappa shape index (κ3) is 6.64. The molecule has 0 bridgehead atoms. The van der Waals surface area contributed by atoms with Crippen LogP contribution in [-0.4, -0.2) is 56.9 Å². The van der Waals surface area contributed by atoms with Gasteiger partial charge in [0.1, 0.15) is 6.04 Å². The number of nitrogens with two attached hydrogens (primary N) is 1. The van der Waals surface area contributed by atoms with Crippen LogP contribution in [0.2, 0.25) is 0 Å². The maximum Gasteiger partial charge on any atom is 0.324 e. The average molecular weight is 452 g/mol. The van der Waals surface area contributed by atoms with E-state index in [2.05, 4.69) is 4.72 Å². The van der Waals surface area contributed by atoms with Crippen molar-refractivity contribution in [3.05, 3.63) is 36.4 Å². The van der Waals surface area contributed by atoms with E-state index in [9.17, 15) is 18.3 Å². The maximum absolute atomic E-state index is 12.6. The third-order valence-corrected chi connectivity index (χ3v) is 6.81. The van der Waals surface area contributed by atoms with Crippen LogP contribution in [0.5, 0.6) is 0 Å². The Balaban J connectivity index is 0.000000412. The van der Waals surface area contributed by atoms with Crippen molar-refractivity contribution in [3.8, 4) is 0 Å². The number of carboxylic acid groups (broad SMARTS) is 1. The molecule has 1 saturated carbocycles. The van der Waals surface area contributed by atoms with Crippen LogP contribution >= 0.6 is 0 Å². The summed E-state index contributed by atoms with van der Waals surface area (Å²) in [6.45, 7) is 1.22. The molecule has 8 nitrogen and oxygen atoms in total. The summed E-state index contributed by atoms with van der Waals surface area (Å²) >= 11 is 0. The number of rotatable bonds is 6. The largest absolute Gasteiger partial charge is 0.480 e. The predicted molar refractivity (Wildman–Crippen MR) is 123 cm³/mol. The van der Waals surface area contributed by atoms with Gasteiger partial charge in [-0.25, -0.2) is 8.42 Å². The summed E-state index contributed by atoms with van der Waals surface area (Å²) in [6, 6.07) is 8.98. The van der Waals surface area contributed by atoms with Crippen molar-refractivity contribution < 1.29 is 23.4 Å². The summed E-state index contributed by atoms with van der Waals surface area (Å²) in [4.78, 5) is 13.0. The second kappa shape index (κ2) is 10.9. The zero-order valence-electron chi connectivity index (χ0n) is 18.3. The highest BCUT2D eigenvalue weighted by Crippen LogP contribution is 2.30. The topological polar surface area (TPSA) is 133 Å². The van der Waals surface area contributed by atoms with Gasteiger partial charge in [-0.3, -0.25) is 4.79 Å². The predicted octanol–water partition coefficient (Wildman–Crippen LogP) is 2.30. The molecule has 0 radical (unpaired) electrons. The van der Waals surface area contributed by atoms with Gasteiger partial charge in [0.05, 0.1) is 11.0 Å². The fourth-order valence-corrected chi connectivity index (χ4v) is 5.09. The van der Waals surface area contributed by atoms with E-state index in [0.29, 0.717) is 11.4 Å². The number of aliphatic hydroxyl groups excluding tert-OH is 1. The molecule has 1 fully saturated rings. The maximum atomic E-state index is 12.6. The first kappa shape index (κ1) is 25.1. The zero-order chi connectivity index (χ0) is 23.2. The fraction of sp³-hybridized carbons (Fsp3) is 0.500. The number of carboxylic acids is 1. The minimum atomic E-state index is -4.13. The average Bonchev–Trinajstić information content (AvgIpc) is 2.71. The Kier molecular flexibility index (Phi) is 8.81. The van der Waals surface area contributed by atoms with E-state index < -0.39 is 28.1 Å². The Hall–Kier alpha value is -2.20. The van der Waals surface area contributed by atoms with Gasteiger partial charge in [-0.15, -0.1) is 0 Å². The Labute approximate surface area is 184 Å². The minimum Gasteiger partial charge on any atom is -0.480 e. The summed E-state index contributed by atoms with van der Waals surface area (Å²) in [6.07, 6.45) is 5.29. The van der Waals surface area contributed by atoms with Crippen molar-refractivity contribution in [2.75, 3.05) is 19.0 Å². The summed E-state index contributed by atoms with van der Waals surface area (Å²) in [5, 5.41) is 19.8. The normalized spacial score (nSPS) is 16.8. The van der Waals surface area contributed by atoms with Gasteiger partial charge in [0.25, 0.3) is 0 Å². The van der Waals surface area contributed by atoms with Gasteiger partial charge in [-0.1, -0.05) is 43.5 Å². The number of hydrogen-bond acceptors (Lipinski definition) is 6. The van der Waals surface area contributed by atoms with Crippen LogP contribution in [0.4, 0.5) is 5.69 Å². The molecule has 172 valence electrons. The van der Waals surface area contributed by atoms with Crippen LogP contribution in [-0.2, 0) is 14.8 Å². The van der Waals surface area contributed by atoms with Crippen LogP contribution in [0.25, 0.3) is 10.8 Å². The van der Waals surface area contributed by atoms with E-state index in [1.165, 1.54) is 45.1 Å². The number of anilines is 1. The highest BCUT2D eigenvalue weighted by molar-refractivity contribution is 7.89. The molecule has 0 amide bonds. The summed E-state index contributed by atoms with van der Waals surface area (Å²) in [5.74, 6) is -1.44. The number of fused-ring (bicyclic) bond motifs is 1. The number of sulfonamides is 1. The summed E-state index contributed by atoms with van der Waals surface area (Å²) in [5.41, 5.74) is 6.48. The summed E-state index contributed by atoms with van der Waals surface area (Å²) in [7, 11) is -0.429. The number of benzene rings is 2. The van der Waals surface area contributed by atoms with E-state index in [1.54, 1.807) is 24.3 Å². The monoisotopic (exact) mass is 451 g/mol. The van der Waals surface area contributed by atoms with Crippen molar-refractivity contribution in [1.82, 2.24) is 4.72 Å². The molecule has 1 aliphatic rings. The lowest BCUT2D eigenvalue weighted by Gasteiger charge is -2.19. The highest BCUT2D eigenvalue weighted by Gasteiger charge is 2.30. The molecule has 0 aromatic heterocycles. The van der Waals surface area contributed by atoms with Gasteiger partial charge in [0.15, 0.2) is 0 Å². The van der Waals surface area contributed by atoms with Gasteiger partial charge >= 0.3 is 5.97 Å². The first-order valence-electron chi connectivity index (χ1n) is 10.4. The van der Waals surface area contributed by atoms with Crippen molar-refractivity contribution >= 4 is 32.5 Å². The van der Waals surface area contributed by atoms with Crippen LogP contribution < -0.4 is 15.4 Å². The molecule has 1 aliphatic carbocycles. The van der Waals surface area contributed by atoms with E-state index in [4.69, 9.17) is 10.8 Å². The Morgan fingerprint density at radius 2 is 1.68 bits per heavy atom. The van der Waals surface area contributed by atoms with E-state index in [1.807, 2.05) is 25.1 Å². The molecule has 2 atom stereocenters. The molecule has 31 heavy (non-hydrogen) atoms. The fourth-order valence-electron chi connectivity index (χ4n) is 3.61. The lowest BCUT2D eigenvalue weighted by molar-refractivity contribution is -0.141. The van der Waals surface area contributed by atoms with Crippen LogP contribution in [0.3, 0.4) is 0 Å². The van der Waals surface area contributed by atoms with Gasteiger partial charge in [-0.2, -0.15) is 4.72 Å². The first-order valence-corrected chi connectivity index (χ1v) is 11.9. The molecular weight excluding hydrogens is 418 g/mol. The number of nitrogens with zero attached hydrogens (tertiary/aromatic N) is 1. The Morgan fingerprint density at radius 1 is 1.10 bits per heavy atom. The number of hydrogen-bond donors (Lipinski definition) is 4. The minimum absolute atomic E-state index is 0.0319. The van der Waals surface area contributed by atoms with Crippen LogP contribution in [0.1, 0.15) is 39.0 Å². The quantitative estimate of drug-likeness (QED) is 0.529. The Morgan fingerprint density at radius 3 is 2.16 bits per heavy atom. The number of aliphatic carboxylic acids is 1. The zero-order valence-corrected chi connectivity index (χ0v) is 19.1. The molecule has 0 heterocycles. The van der Waals surface area contributed by atoms with Crippen molar-refractivity contribution in [1.29, 1.82) is 0 Å². The van der Waals surface area contributed by atoms with Crippen molar-refractivity contribution in [2.45, 2.75) is 62.1 Å². The van der Waals surface area contributed by atoms with Crippen molar-refractivity contribution in [2.24, 2.45) is 5.73 Å². The number of nitrogens with one attached hydrogen (secondary N) is 1. The number of aliphatic hydroxyl groups is 1. The van der Waals surface area contributed by atoms with Gasteiger partial charge in [-0.05, 0) is 31.9 Å². The molecule has 3 rings (SSSR count). The molecule has 0 saturated heterocycles. The lowest BCUT2D eigenvalue weighted by atomic mass is 9.97. The molecule has 2 aromatic carbocycles. The van der Waals surface area contributed by atoms with Crippen LogP contribution in [0, 0.1) is 0 Å². The summed E-state index contributed by atoms with van der Waals surface area (Å²) < 4.78 is 27.4. The van der Waals surface area contributed by atoms with Gasteiger partial charge < -0.3 is 20.8 Å². The number of carbonyl (C=O) groups is 1. The van der Waals surface area contributed by atoms with Crippen LogP contribution in [0.15, 0.2) is 41.3 Å². The smallest absolute Gasteiger partial charge is 0.324 e. The lowest BCUT2D eigenvalue weighted by Crippen LogP contribution is -2.47. The third-order valence-electron chi connectivity index (χ3n) is 5.31. The van der Waals surface area contributed by atoms with Crippen molar-refractivity contribution in [3.63, 3.8) is 0 Å². The second-order valence-corrected chi connectivity index (χ2v) is 9.78. The van der Waals surface area contributed by atoms with Gasteiger partial charge in [0, 0.05) is 36.6 Å². The SMILES string of the molecule is CC(O)[C@H](NS(=O)(=O)c1cccc2c(N(C)C)cccc12)C(=O)O.NC1CCCCC1. The molecule has 0 aliphatic heterocycles. The van der Waals surface area contributed by atoms with Gasteiger partial charge in [0.2, 0.25) is 10.0 Å². The molecule has 9 heteroatoms. The molecule has 2 aromatic rings. The molecule has 5 N–H and O–H groups in total.